The van der Waals surface area contributed by atoms with E-state index in [-0.39, 0.29) is 0 Å². The summed E-state index contributed by atoms with van der Waals surface area (Å²) in [5, 5.41) is 6.79. The number of nitrogens with one attached hydrogen (secondary N) is 2. The Morgan fingerprint density at radius 1 is 1.13 bits per heavy atom. The molecular weight excluding hydrogens is 204 g/mol. The van der Waals surface area contributed by atoms with Gasteiger partial charge < -0.3 is 10.6 Å². The van der Waals surface area contributed by atoms with Crippen molar-refractivity contribution in [3.05, 3.63) is 53.7 Å². The molecule has 0 bridgehead atoms. The van der Waals surface area contributed by atoms with Crippen LogP contribution in [0.5, 0.6) is 0 Å². The molecule has 0 amide bonds. The van der Waals surface area contributed by atoms with E-state index in [2.05, 4.69) is 34.9 Å². The number of thiocarbonyl (C=S) groups is 1. The van der Waals surface area contributed by atoms with E-state index >= 15 is 0 Å². The van der Waals surface area contributed by atoms with Crippen molar-refractivity contribution in [2.24, 2.45) is 0 Å². The maximum atomic E-state index is 5.02. The summed E-state index contributed by atoms with van der Waals surface area (Å²) in [7, 11) is 0. The molecule has 0 aliphatic carbocycles. The Labute approximate surface area is 94.7 Å². The van der Waals surface area contributed by atoms with Gasteiger partial charge in [0, 0.05) is 12.2 Å². The largest absolute Gasteiger partial charge is 0.359 e. The molecule has 1 aromatic carbocycles. The van der Waals surface area contributed by atoms with E-state index in [0.717, 1.165) is 12.2 Å². The van der Waals surface area contributed by atoms with Crippen molar-refractivity contribution in [2.75, 3.05) is 6.54 Å². The summed E-state index contributed by atoms with van der Waals surface area (Å²) in [6.45, 7) is 0.792. The number of rotatable bonds is 2. The zero-order valence-corrected chi connectivity index (χ0v) is 9.05. The average Bonchev–Trinajstić information content (AvgIpc) is 2.28. The lowest BCUT2D eigenvalue weighted by Gasteiger charge is -2.15. The second-order valence-corrected chi connectivity index (χ2v) is 3.65. The number of benzene rings is 1. The molecule has 76 valence electrons. The van der Waals surface area contributed by atoms with Crippen LogP contribution in [0.2, 0.25) is 0 Å². The van der Waals surface area contributed by atoms with Gasteiger partial charge in [-0.05, 0) is 29.9 Å². The Bertz CT molecular complexity index is 407. The first-order valence-electron chi connectivity index (χ1n) is 4.83. The van der Waals surface area contributed by atoms with Gasteiger partial charge in [-0.2, -0.15) is 0 Å². The first-order chi connectivity index (χ1) is 7.34. The van der Waals surface area contributed by atoms with Crippen LogP contribution in [-0.2, 0) is 0 Å². The van der Waals surface area contributed by atoms with E-state index in [9.17, 15) is 0 Å². The molecular formula is C12H12N2S. The van der Waals surface area contributed by atoms with Crippen LogP contribution >= 0.6 is 12.2 Å². The van der Waals surface area contributed by atoms with Crippen LogP contribution < -0.4 is 10.6 Å². The Morgan fingerprint density at radius 2 is 1.93 bits per heavy atom. The Morgan fingerprint density at radius 3 is 2.67 bits per heavy atom. The number of allylic oxidation sites excluding steroid dienone is 1. The molecule has 0 fully saturated rings. The first-order valence-corrected chi connectivity index (χ1v) is 5.23. The topological polar surface area (TPSA) is 24.1 Å². The lowest BCUT2D eigenvalue weighted by atomic mass is 10.2. The van der Waals surface area contributed by atoms with E-state index < -0.39 is 0 Å². The predicted octanol–water partition coefficient (Wildman–Crippen LogP) is 2.06. The lowest BCUT2D eigenvalue weighted by molar-refractivity contribution is 0.938. The van der Waals surface area contributed by atoms with E-state index in [1.165, 1.54) is 5.56 Å². The summed E-state index contributed by atoms with van der Waals surface area (Å²) in [4.78, 5) is 0. The van der Waals surface area contributed by atoms with Crippen LogP contribution in [0.4, 0.5) is 0 Å². The van der Waals surface area contributed by atoms with Crippen molar-refractivity contribution < 1.29 is 0 Å². The van der Waals surface area contributed by atoms with Crippen LogP contribution in [0.1, 0.15) is 5.56 Å². The Balaban J connectivity index is 2.06. The van der Waals surface area contributed by atoms with Crippen molar-refractivity contribution in [2.45, 2.75) is 0 Å². The molecule has 1 aliphatic heterocycles. The molecule has 3 heteroatoms. The van der Waals surface area contributed by atoms with Gasteiger partial charge in [0.2, 0.25) is 0 Å². The van der Waals surface area contributed by atoms with Gasteiger partial charge >= 0.3 is 0 Å². The fourth-order valence-electron chi connectivity index (χ4n) is 1.34. The average molecular weight is 216 g/mol. The van der Waals surface area contributed by atoms with Crippen molar-refractivity contribution in [3.63, 3.8) is 0 Å². The Kier molecular flexibility index (Phi) is 3.15. The van der Waals surface area contributed by atoms with Crippen molar-refractivity contribution in [1.29, 1.82) is 0 Å². The van der Waals surface area contributed by atoms with Crippen molar-refractivity contribution in [3.8, 4) is 0 Å². The van der Waals surface area contributed by atoms with Gasteiger partial charge in [-0.15, -0.1) is 0 Å². The monoisotopic (exact) mass is 216 g/mol. The summed E-state index contributed by atoms with van der Waals surface area (Å²) in [5.74, 6) is 0. The van der Waals surface area contributed by atoms with Crippen LogP contribution in [0.15, 0.2) is 48.2 Å². The van der Waals surface area contributed by atoms with Crippen LogP contribution in [-0.4, -0.2) is 11.7 Å². The molecule has 1 heterocycles. The predicted molar refractivity (Wildman–Crippen MR) is 67.3 cm³/mol. The normalized spacial score (nSPS) is 15.7. The second kappa shape index (κ2) is 4.75. The van der Waals surface area contributed by atoms with Gasteiger partial charge in [-0.3, -0.25) is 0 Å². The molecule has 0 saturated heterocycles. The van der Waals surface area contributed by atoms with E-state index in [1.807, 2.05) is 24.3 Å². The van der Waals surface area contributed by atoms with Crippen LogP contribution in [0, 0.1) is 0 Å². The molecule has 0 atom stereocenters. The zero-order chi connectivity index (χ0) is 10.5. The maximum absolute atomic E-state index is 5.02. The van der Waals surface area contributed by atoms with Gasteiger partial charge in [-0.25, -0.2) is 0 Å². The minimum Gasteiger partial charge on any atom is -0.359 e. The molecule has 0 unspecified atom stereocenters. The highest BCUT2D eigenvalue weighted by atomic mass is 32.1. The number of hydrogen-bond acceptors (Lipinski definition) is 1. The summed E-state index contributed by atoms with van der Waals surface area (Å²) >= 11 is 5.02. The fourth-order valence-corrected chi connectivity index (χ4v) is 1.54. The standard InChI is InChI=1S/C12H12N2S/c15-12-13-9-8-11(14-12)7-6-10-4-2-1-3-5-10/h1-8H,9H2,(H2,13,14,15). The third-order valence-corrected chi connectivity index (χ3v) is 2.34. The molecule has 2 N–H and O–H groups in total. The molecule has 15 heavy (non-hydrogen) atoms. The third-order valence-electron chi connectivity index (χ3n) is 2.10. The molecule has 0 spiro atoms. The quantitative estimate of drug-likeness (QED) is 0.740. The molecule has 1 aliphatic rings. The lowest BCUT2D eigenvalue weighted by Crippen LogP contribution is -2.38. The smallest absolute Gasteiger partial charge is 0.171 e. The SMILES string of the molecule is S=C1NCC=C(C=Cc2ccccc2)N1. The van der Waals surface area contributed by atoms with E-state index in [1.54, 1.807) is 0 Å². The Hall–Kier alpha value is -1.61. The highest BCUT2D eigenvalue weighted by Gasteiger charge is 2.01. The number of hydrogen-bond donors (Lipinski definition) is 2. The summed E-state index contributed by atoms with van der Waals surface area (Å²) in [6, 6.07) is 10.2. The maximum Gasteiger partial charge on any atom is 0.171 e. The van der Waals surface area contributed by atoms with Gasteiger partial charge in [0.05, 0.1) is 0 Å². The third kappa shape index (κ3) is 2.92. The molecule has 0 aromatic heterocycles. The van der Waals surface area contributed by atoms with Gasteiger partial charge in [0.15, 0.2) is 5.11 Å². The van der Waals surface area contributed by atoms with E-state index in [4.69, 9.17) is 12.2 Å². The van der Waals surface area contributed by atoms with Gasteiger partial charge in [0.1, 0.15) is 0 Å². The molecule has 2 rings (SSSR count). The van der Waals surface area contributed by atoms with Crippen LogP contribution in [0.3, 0.4) is 0 Å². The highest BCUT2D eigenvalue weighted by Crippen LogP contribution is 2.04. The van der Waals surface area contributed by atoms with E-state index in [0.29, 0.717) is 5.11 Å². The van der Waals surface area contributed by atoms with Crippen LogP contribution in [0.25, 0.3) is 6.08 Å². The highest BCUT2D eigenvalue weighted by molar-refractivity contribution is 7.80. The second-order valence-electron chi connectivity index (χ2n) is 3.24. The van der Waals surface area contributed by atoms with Gasteiger partial charge in [0.25, 0.3) is 0 Å². The molecule has 0 radical (unpaired) electrons. The summed E-state index contributed by atoms with van der Waals surface area (Å²) < 4.78 is 0. The summed E-state index contributed by atoms with van der Waals surface area (Å²) in [5.41, 5.74) is 2.23. The molecule has 2 nitrogen and oxygen atoms in total. The minimum atomic E-state index is 0.685. The van der Waals surface area contributed by atoms with Crippen molar-refractivity contribution in [1.82, 2.24) is 10.6 Å². The van der Waals surface area contributed by atoms with Crippen molar-refractivity contribution >= 4 is 23.4 Å². The molecule has 1 aromatic rings. The fraction of sp³-hybridized carbons (Fsp3) is 0.0833. The van der Waals surface area contributed by atoms with Gasteiger partial charge in [-0.1, -0.05) is 36.4 Å². The zero-order valence-electron chi connectivity index (χ0n) is 8.23. The minimum absolute atomic E-state index is 0.685. The molecule has 0 saturated carbocycles. The first kappa shape index (κ1) is 9.93. The summed E-state index contributed by atoms with van der Waals surface area (Å²) in [6.07, 6.45) is 6.16.